The van der Waals surface area contributed by atoms with Crippen molar-refractivity contribution < 1.29 is 29.6 Å². The third kappa shape index (κ3) is 3.78. The number of benzene rings is 3. The highest BCUT2D eigenvalue weighted by molar-refractivity contribution is 5.88. The summed E-state index contributed by atoms with van der Waals surface area (Å²) in [6.45, 7) is 0.210. The molecule has 0 aliphatic rings. The summed E-state index contributed by atoms with van der Waals surface area (Å²) in [7, 11) is 1.81. The number of rotatable bonds is 5. The predicted octanol–water partition coefficient (Wildman–Crippen LogP) is 3.90. The Morgan fingerprint density at radius 3 is 2.48 bits per heavy atom. The second-order valence-corrected chi connectivity index (χ2v) is 6.87. The van der Waals surface area contributed by atoms with Crippen molar-refractivity contribution in [3.05, 3.63) is 70.4 Å². The number of hydrogen-bond donors (Lipinski definition) is 5. The molecule has 31 heavy (non-hydrogen) atoms. The molecule has 0 aliphatic heterocycles. The first-order chi connectivity index (χ1) is 14.9. The summed E-state index contributed by atoms with van der Waals surface area (Å²) in [6.07, 6.45) is 0. The summed E-state index contributed by atoms with van der Waals surface area (Å²) in [4.78, 5) is 12.6. The summed E-state index contributed by atoms with van der Waals surface area (Å²) in [5.41, 5.74) is 1.13. The number of phenols is 3. The molecule has 0 saturated heterocycles. The largest absolute Gasteiger partial charge is 0.507 e. The molecule has 0 atom stereocenters. The predicted molar refractivity (Wildman–Crippen MR) is 115 cm³/mol. The van der Waals surface area contributed by atoms with Crippen molar-refractivity contribution in [2.24, 2.45) is 0 Å². The molecule has 8 heteroatoms. The monoisotopic (exact) mass is 421 g/mol. The van der Waals surface area contributed by atoms with E-state index >= 15 is 0 Å². The normalized spacial score (nSPS) is 10.9. The lowest BCUT2D eigenvalue weighted by molar-refractivity contribution is 0.304. The molecule has 5 N–H and O–H groups in total. The van der Waals surface area contributed by atoms with Gasteiger partial charge in [0.05, 0.1) is 0 Å². The Labute approximate surface area is 176 Å². The van der Waals surface area contributed by atoms with Gasteiger partial charge in [-0.3, -0.25) is 4.79 Å². The Morgan fingerprint density at radius 1 is 0.935 bits per heavy atom. The van der Waals surface area contributed by atoms with E-state index < -0.39 is 22.7 Å². The Bertz CT molecular complexity index is 1340. The van der Waals surface area contributed by atoms with Crippen LogP contribution in [0.15, 0.2) is 63.8 Å². The number of aromatic hydroxyl groups is 4. The van der Waals surface area contributed by atoms with Crippen LogP contribution < -0.4 is 15.5 Å². The van der Waals surface area contributed by atoms with Crippen LogP contribution in [-0.2, 0) is 6.61 Å². The van der Waals surface area contributed by atoms with Gasteiger partial charge in [0, 0.05) is 30.4 Å². The molecule has 0 fully saturated rings. The van der Waals surface area contributed by atoms with E-state index in [1.165, 1.54) is 24.3 Å². The number of anilines is 1. The number of hydrogen-bond acceptors (Lipinski definition) is 8. The lowest BCUT2D eigenvalue weighted by Gasteiger charge is -2.11. The average molecular weight is 421 g/mol. The van der Waals surface area contributed by atoms with Crippen LogP contribution in [0.2, 0.25) is 0 Å². The first-order valence-electron chi connectivity index (χ1n) is 9.32. The minimum Gasteiger partial charge on any atom is -0.507 e. The molecule has 0 radical (unpaired) electrons. The van der Waals surface area contributed by atoms with Crippen LogP contribution in [0.1, 0.15) is 5.56 Å². The summed E-state index contributed by atoms with van der Waals surface area (Å²) in [5.74, 6) is -1.89. The van der Waals surface area contributed by atoms with Crippen LogP contribution >= 0.6 is 0 Å². The van der Waals surface area contributed by atoms with Gasteiger partial charge < -0.3 is 34.9 Å². The molecule has 4 aromatic rings. The Hall–Kier alpha value is -4.33. The molecule has 4 rings (SSSR count). The van der Waals surface area contributed by atoms with E-state index in [-0.39, 0.29) is 40.4 Å². The van der Waals surface area contributed by atoms with Crippen LogP contribution in [-0.4, -0.2) is 27.5 Å². The van der Waals surface area contributed by atoms with Crippen molar-refractivity contribution in [1.29, 1.82) is 0 Å². The number of fused-ring (bicyclic) bond motifs is 1. The Balaban J connectivity index is 1.75. The van der Waals surface area contributed by atoms with Gasteiger partial charge in [-0.05, 0) is 35.9 Å². The molecule has 8 nitrogen and oxygen atoms in total. The fourth-order valence-electron chi connectivity index (χ4n) is 3.19. The number of nitrogens with one attached hydrogen (secondary N) is 1. The molecule has 3 aromatic carbocycles. The van der Waals surface area contributed by atoms with E-state index in [2.05, 4.69) is 5.32 Å². The fraction of sp³-hybridized carbons (Fsp3) is 0.0870. The Kier molecular flexibility index (Phi) is 5.04. The van der Waals surface area contributed by atoms with Gasteiger partial charge in [0.1, 0.15) is 29.1 Å². The Morgan fingerprint density at radius 2 is 1.74 bits per heavy atom. The highest BCUT2D eigenvalue weighted by Crippen LogP contribution is 2.38. The number of phenolic OH excluding ortho intramolecular Hbond substituents is 3. The van der Waals surface area contributed by atoms with Crippen molar-refractivity contribution in [3.8, 4) is 40.1 Å². The highest BCUT2D eigenvalue weighted by atomic mass is 16.5. The maximum absolute atomic E-state index is 12.6. The topological polar surface area (TPSA) is 132 Å². The standard InChI is InChI=1S/C23H19NO7/c1-24-14-4-2-3-12(7-14)11-30-15-9-18(27)20-19(10-15)31-23(22(29)21(20)28)13-5-6-16(25)17(26)8-13/h2-10,24-27,29H,11H2,1H3. The van der Waals surface area contributed by atoms with Crippen molar-refractivity contribution in [1.82, 2.24) is 0 Å². The van der Waals surface area contributed by atoms with Crippen molar-refractivity contribution >= 4 is 16.7 Å². The second-order valence-electron chi connectivity index (χ2n) is 6.87. The first-order valence-corrected chi connectivity index (χ1v) is 9.32. The second kappa shape index (κ2) is 7.83. The third-order valence-electron chi connectivity index (χ3n) is 4.78. The summed E-state index contributed by atoms with van der Waals surface area (Å²) >= 11 is 0. The maximum Gasteiger partial charge on any atom is 0.238 e. The summed E-state index contributed by atoms with van der Waals surface area (Å²) < 4.78 is 11.4. The van der Waals surface area contributed by atoms with E-state index in [0.29, 0.717) is 0 Å². The molecule has 1 aromatic heterocycles. The van der Waals surface area contributed by atoms with Gasteiger partial charge in [0.25, 0.3) is 0 Å². The average Bonchev–Trinajstić information content (AvgIpc) is 2.76. The van der Waals surface area contributed by atoms with E-state index in [4.69, 9.17) is 9.15 Å². The fourth-order valence-corrected chi connectivity index (χ4v) is 3.19. The number of ether oxygens (including phenoxy) is 1. The molecular formula is C23H19NO7. The smallest absolute Gasteiger partial charge is 0.238 e. The lowest BCUT2D eigenvalue weighted by atomic mass is 10.1. The van der Waals surface area contributed by atoms with Crippen molar-refractivity contribution in [2.45, 2.75) is 6.61 Å². The molecule has 0 spiro atoms. The van der Waals surface area contributed by atoms with Gasteiger partial charge in [-0.25, -0.2) is 0 Å². The van der Waals surface area contributed by atoms with Gasteiger partial charge in [0.2, 0.25) is 11.2 Å². The zero-order valence-electron chi connectivity index (χ0n) is 16.4. The summed E-state index contributed by atoms with van der Waals surface area (Å²) in [5, 5.41) is 42.7. The molecular weight excluding hydrogens is 402 g/mol. The minimum absolute atomic E-state index is 0.00987. The molecule has 0 saturated carbocycles. The minimum atomic E-state index is -0.838. The third-order valence-corrected chi connectivity index (χ3v) is 4.78. The van der Waals surface area contributed by atoms with Gasteiger partial charge in [-0.15, -0.1) is 0 Å². The lowest BCUT2D eigenvalue weighted by Crippen LogP contribution is -2.04. The van der Waals surface area contributed by atoms with Gasteiger partial charge in [-0.2, -0.15) is 0 Å². The zero-order valence-corrected chi connectivity index (χ0v) is 16.4. The first kappa shape index (κ1) is 20.0. The van der Waals surface area contributed by atoms with Gasteiger partial charge in [0.15, 0.2) is 17.3 Å². The molecule has 1 heterocycles. The molecule has 158 valence electrons. The van der Waals surface area contributed by atoms with Crippen molar-refractivity contribution in [3.63, 3.8) is 0 Å². The molecule has 0 unspecified atom stereocenters. The SMILES string of the molecule is CNc1cccc(COc2cc(O)c3c(=O)c(O)c(-c4ccc(O)c(O)c4)oc3c2)c1. The molecule has 0 aliphatic carbocycles. The van der Waals surface area contributed by atoms with E-state index in [1.807, 2.05) is 31.3 Å². The molecule has 0 amide bonds. The summed E-state index contributed by atoms with van der Waals surface area (Å²) in [6, 6.07) is 14.0. The van der Waals surface area contributed by atoms with Crippen LogP contribution in [0.3, 0.4) is 0 Å². The van der Waals surface area contributed by atoms with E-state index in [9.17, 15) is 25.2 Å². The van der Waals surface area contributed by atoms with Crippen LogP contribution in [0.4, 0.5) is 5.69 Å². The van der Waals surface area contributed by atoms with Gasteiger partial charge in [-0.1, -0.05) is 12.1 Å². The van der Waals surface area contributed by atoms with Crippen LogP contribution in [0.25, 0.3) is 22.3 Å². The van der Waals surface area contributed by atoms with Gasteiger partial charge >= 0.3 is 0 Å². The molecule has 0 bridgehead atoms. The quantitative estimate of drug-likeness (QED) is 0.307. The van der Waals surface area contributed by atoms with E-state index in [1.54, 1.807) is 0 Å². The zero-order chi connectivity index (χ0) is 22.1. The van der Waals surface area contributed by atoms with Crippen molar-refractivity contribution in [2.75, 3.05) is 12.4 Å². The van der Waals surface area contributed by atoms with E-state index in [0.717, 1.165) is 17.3 Å². The highest BCUT2D eigenvalue weighted by Gasteiger charge is 2.20. The maximum atomic E-state index is 12.6. The van der Waals surface area contributed by atoms with Crippen LogP contribution in [0.5, 0.6) is 28.7 Å². The van der Waals surface area contributed by atoms with Crippen LogP contribution in [0, 0.1) is 0 Å².